The molecule has 0 aromatic heterocycles. The fourth-order valence-electron chi connectivity index (χ4n) is 1.75. The lowest BCUT2D eigenvalue weighted by Gasteiger charge is -2.09. The van der Waals surface area contributed by atoms with E-state index >= 15 is 0 Å². The molecule has 16 heavy (non-hydrogen) atoms. The number of rotatable bonds is 10. The predicted octanol–water partition coefficient (Wildman–Crippen LogP) is 1.06. The Balaban J connectivity index is 1.71. The molecular weight excluding hydrogens is 206 g/mol. The summed E-state index contributed by atoms with van der Waals surface area (Å²) in [6.07, 6.45) is 3.52. The van der Waals surface area contributed by atoms with Crippen molar-refractivity contribution in [2.45, 2.75) is 19.3 Å². The van der Waals surface area contributed by atoms with Gasteiger partial charge in [-0.2, -0.15) is 0 Å². The van der Waals surface area contributed by atoms with E-state index in [4.69, 9.17) is 14.2 Å². The zero-order chi connectivity index (χ0) is 11.5. The van der Waals surface area contributed by atoms with Gasteiger partial charge in [-0.15, -0.1) is 0 Å². The van der Waals surface area contributed by atoms with E-state index in [1.807, 2.05) is 0 Å². The first-order valence-electron chi connectivity index (χ1n) is 6.28. The zero-order valence-corrected chi connectivity index (χ0v) is 10.4. The van der Waals surface area contributed by atoms with Crippen molar-refractivity contribution < 1.29 is 14.2 Å². The number of hydrogen-bond acceptors (Lipinski definition) is 4. The molecule has 1 unspecified atom stereocenters. The number of ether oxygens (including phenoxy) is 3. The molecule has 1 aliphatic rings. The van der Waals surface area contributed by atoms with Gasteiger partial charge in [0, 0.05) is 26.9 Å². The van der Waals surface area contributed by atoms with Crippen LogP contribution in [0.15, 0.2) is 0 Å². The van der Waals surface area contributed by atoms with E-state index in [2.05, 4.69) is 5.32 Å². The van der Waals surface area contributed by atoms with Crippen LogP contribution in [0.4, 0.5) is 0 Å². The van der Waals surface area contributed by atoms with Crippen LogP contribution in [0.2, 0.25) is 0 Å². The van der Waals surface area contributed by atoms with Crippen molar-refractivity contribution in [3.8, 4) is 0 Å². The van der Waals surface area contributed by atoms with Crippen molar-refractivity contribution >= 4 is 0 Å². The van der Waals surface area contributed by atoms with Gasteiger partial charge in [-0.05, 0) is 31.7 Å². The van der Waals surface area contributed by atoms with Crippen LogP contribution in [0.1, 0.15) is 19.3 Å². The van der Waals surface area contributed by atoms with Crippen molar-refractivity contribution in [2.24, 2.45) is 5.92 Å². The second kappa shape index (κ2) is 10.0. The minimum Gasteiger partial charge on any atom is -0.382 e. The van der Waals surface area contributed by atoms with Gasteiger partial charge in [0.2, 0.25) is 0 Å². The average molecular weight is 231 g/mol. The summed E-state index contributed by atoms with van der Waals surface area (Å²) in [4.78, 5) is 0. The SMILES string of the molecule is COCCOCCCCNCC1CCOC1. The van der Waals surface area contributed by atoms with E-state index in [1.165, 1.54) is 12.8 Å². The van der Waals surface area contributed by atoms with Crippen molar-refractivity contribution in [1.29, 1.82) is 0 Å². The third-order valence-corrected chi connectivity index (χ3v) is 2.78. The van der Waals surface area contributed by atoms with Crippen LogP contribution in [0.3, 0.4) is 0 Å². The molecule has 4 heteroatoms. The smallest absolute Gasteiger partial charge is 0.0700 e. The van der Waals surface area contributed by atoms with Gasteiger partial charge < -0.3 is 19.5 Å². The van der Waals surface area contributed by atoms with Gasteiger partial charge in [0.1, 0.15) is 0 Å². The summed E-state index contributed by atoms with van der Waals surface area (Å²) in [5.41, 5.74) is 0. The Kier molecular flexibility index (Phi) is 8.71. The molecule has 4 nitrogen and oxygen atoms in total. The van der Waals surface area contributed by atoms with E-state index in [9.17, 15) is 0 Å². The predicted molar refractivity (Wildman–Crippen MR) is 63.7 cm³/mol. The van der Waals surface area contributed by atoms with Gasteiger partial charge in [-0.25, -0.2) is 0 Å². The Labute approximate surface area is 98.6 Å². The molecule has 0 radical (unpaired) electrons. The van der Waals surface area contributed by atoms with Crippen LogP contribution in [0, 0.1) is 5.92 Å². The van der Waals surface area contributed by atoms with Crippen LogP contribution >= 0.6 is 0 Å². The van der Waals surface area contributed by atoms with Gasteiger partial charge in [-0.3, -0.25) is 0 Å². The van der Waals surface area contributed by atoms with Crippen LogP contribution < -0.4 is 5.32 Å². The lowest BCUT2D eigenvalue weighted by atomic mass is 10.1. The third kappa shape index (κ3) is 7.17. The topological polar surface area (TPSA) is 39.7 Å². The second-order valence-corrected chi connectivity index (χ2v) is 4.25. The third-order valence-electron chi connectivity index (χ3n) is 2.78. The number of hydrogen-bond donors (Lipinski definition) is 1. The summed E-state index contributed by atoms with van der Waals surface area (Å²) in [6.45, 7) is 6.32. The fraction of sp³-hybridized carbons (Fsp3) is 1.00. The molecule has 0 aromatic carbocycles. The standard InChI is InChI=1S/C12H25NO3/c1-14-8-9-15-6-3-2-5-13-10-12-4-7-16-11-12/h12-13H,2-11H2,1H3. The summed E-state index contributed by atoms with van der Waals surface area (Å²) in [5, 5.41) is 3.47. The normalized spacial score (nSPS) is 20.4. The molecule has 1 heterocycles. The Morgan fingerprint density at radius 1 is 1.25 bits per heavy atom. The molecule has 0 aliphatic carbocycles. The first kappa shape index (κ1) is 13.9. The Morgan fingerprint density at radius 3 is 2.94 bits per heavy atom. The van der Waals surface area contributed by atoms with Crippen molar-refractivity contribution in [1.82, 2.24) is 5.32 Å². The molecule has 0 spiro atoms. The quantitative estimate of drug-likeness (QED) is 0.571. The number of methoxy groups -OCH3 is 1. The minimum absolute atomic E-state index is 0.694. The summed E-state index contributed by atoms with van der Waals surface area (Å²) in [6, 6.07) is 0. The Morgan fingerprint density at radius 2 is 2.19 bits per heavy atom. The molecule has 96 valence electrons. The maximum atomic E-state index is 5.38. The lowest BCUT2D eigenvalue weighted by Crippen LogP contribution is -2.24. The highest BCUT2D eigenvalue weighted by atomic mass is 16.5. The molecule has 0 amide bonds. The maximum Gasteiger partial charge on any atom is 0.0700 e. The summed E-state index contributed by atoms with van der Waals surface area (Å²) in [7, 11) is 1.69. The molecule has 1 atom stereocenters. The van der Waals surface area contributed by atoms with E-state index in [-0.39, 0.29) is 0 Å². The molecule has 1 N–H and O–H groups in total. The Hall–Kier alpha value is -0.160. The average Bonchev–Trinajstić information content (AvgIpc) is 2.80. The van der Waals surface area contributed by atoms with Crippen LogP contribution in [0.5, 0.6) is 0 Å². The summed E-state index contributed by atoms with van der Waals surface area (Å²) >= 11 is 0. The van der Waals surface area contributed by atoms with Crippen molar-refractivity contribution in [3.05, 3.63) is 0 Å². The highest BCUT2D eigenvalue weighted by Gasteiger charge is 2.14. The van der Waals surface area contributed by atoms with Gasteiger partial charge in [0.15, 0.2) is 0 Å². The van der Waals surface area contributed by atoms with E-state index in [0.29, 0.717) is 13.2 Å². The molecule has 0 bridgehead atoms. The first-order valence-corrected chi connectivity index (χ1v) is 6.28. The maximum absolute atomic E-state index is 5.38. The summed E-state index contributed by atoms with van der Waals surface area (Å²) in [5.74, 6) is 0.734. The molecule has 1 rings (SSSR count). The molecule has 0 saturated carbocycles. The number of nitrogens with one attached hydrogen (secondary N) is 1. The van der Waals surface area contributed by atoms with Gasteiger partial charge in [0.25, 0.3) is 0 Å². The lowest BCUT2D eigenvalue weighted by molar-refractivity contribution is 0.0688. The van der Waals surface area contributed by atoms with Gasteiger partial charge in [0.05, 0.1) is 19.8 Å². The van der Waals surface area contributed by atoms with Crippen LogP contribution in [0.25, 0.3) is 0 Å². The van der Waals surface area contributed by atoms with Crippen molar-refractivity contribution in [2.75, 3.05) is 53.2 Å². The van der Waals surface area contributed by atoms with E-state index < -0.39 is 0 Å². The van der Waals surface area contributed by atoms with E-state index in [1.54, 1.807) is 7.11 Å². The van der Waals surface area contributed by atoms with Crippen LogP contribution in [-0.4, -0.2) is 53.2 Å². The second-order valence-electron chi connectivity index (χ2n) is 4.25. The molecule has 0 aromatic rings. The molecule has 1 saturated heterocycles. The Bertz CT molecular complexity index is 149. The summed E-state index contributed by atoms with van der Waals surface area (Å²) < 4.78 is 15.6. The highest BCUT2D eigenvalue weighted by molar-refractivity contribution is 4.66. The monoisotopic (exact) mass is 231 g/mol. The minimum atomic E-state index is 0.694. The van der Waals surface area contributed by atoms with Gasteiger partial charge in [-0.1, -0.05) is 0 Å². The largest absolute Gasteiger partial charge is 0.382 e. The molecule has 1 aliphatic heterocycles. The highest BCUT2D eigenvalue weighted by Crippen LogP contribution is 2.10. The fourth-order valence-corrected chi connectivity index (χ4v) is 1.75. The van der Waals surface area contributed by atoms with E-state index in [0.717, 1.165) is 45.2 Å². The van der Waals surface area contributed by atoms with Gasteiger partial charge >= 0.3 is 0 Å². The molecule has 1 fully saturated rings. The molecular formula is C12H25NO3. The first-order chi connectivity index (χ1) is 7.93. The van der Waals surface area contributed by atoms with Crippen LogP contribution in [-0.2, 0) is 14.2 Å². The zero-order valence-electron chi connectivity index (χ0n) is 10.4. The van der Waals surface area contributed by atoms with Crippen molar-refractivity contribution in [3.63, 3.8) is 0 Å². The number of unbranched alkanes of at least 4 members (excludes halogenated alkanes) is 1.